The van der Waals surface area contributed by atoms with Crippen molar-refractivity contribution in [3.8, 4) is 11.6 Å². The van der Waals surface area contributed by atoms with E-state index in [9.17, 15) is 18.4 Å². The summed E-state index contributed by atoms with van der Waals surface area (Å²) in [7, 11) is 0. The Morgan fingerprint density at radius 2 is 1.17 bits per heavy atom. The topological polar surface area (TPSA) is 181 Å². The van der Waals surface area contributed by atoms with E-state index in [2.05, 4.69) is 90.8 Å². The number of hydrogen-bond acceptors (Lipinski definition) is 11. The van der Waals surface area contributed by atoms with Gasteiger partial charge in [-0.15, -0.1) is 0 Å². The summed E-state index contributed by atoms with van der Waals surface area (Å²) in [5.74, 6) is 1.92. The molecule has 16 nitrogen and oxygen atoms in total. The van der Waals surface area contributed by atoms with E-state index < -0.39 is 22.5 Å². The highest BCUT2D eigenvalue weighted by molar-refractivity contribution is 9.10. The monoisotopic (exact) mass is 960 g/mol. The molecule has 2 fully saturated rings. The van der Waals surface area contributed by atoms with Crippen LogP contribution in [-0.2, 0) is 16.0 Å². The lowest BCUT2D eigenvalue weighted by molar-refractivity contribution is -0.133. The molecule has 66 heavy (non-hydrogen) atoms. The molecule has 7 aromatic heterocycles. The lowest BCUT2D eigenvalue weighted by Gasteiger charge is -2.47. The summed E-state index contributed by atoms with van der Waals surface area (Å²) < 4.78 is 29.9. The fourth-order valence-electron chi connectivity index (χ4n) is 8.03. The maximum atomic E-state index is 13.2. The van der Waals surface area contributed by atoms with Gasteiger partial charge in [0.05, 0.1) is 53.4 Å². The minimum absolute atomic E-state index is 0.00353. The van der Waals surface area contributed by atoms with Crippen molar-refractivity contribution in [3.63, 3.8) is 0 Å². The molecule has 7 aromatic rings. The standard InChI is InChI=1S/C26H29FN8O.C21H22BrFN6O/c1-16-7-21(10-22-9-17(2)32-33-22)31-24(8-16)34-14-26(4,15-34)25(36)30-18(3)19-5-6-23(28-11-19)35-13-20(27)12-29-35;1-13-6-17(22)27-19(7-13)28-11-21(3,12-28)20(30)26-14(2)15-4-5-18(24-8-15)29-10-16(23)9-25-29/h5-9,11-13,18H,10,14-15H2,1-4H3,(H,30,36)(H,32,33);4-10,14H,11-12H2,1-3H3,(H,26,30)/t18-;14-/m00/s1. The van der Waals surface area contributed by atoms with Crippen molar-refractivity contribution in [2.45, 2.75) is 67.0 Å². The van der Waals surface area contributed by atoms with Gasteiger partial charge in [0.15, 0.2) is 23.3 Å². The number of nitrogens with zero attached hydrogens (tertiary/aromatic N) is 11. The van der Waals surface area contributed by atoms with Crippen LogP contribution in [0.25, 0.3) is 11.6 Å². The molecule has 0 radical (unpaired) electrons. The van der Waals surface area contributed by atoms with E-state index in [1.165, 1.54) is 21.8 Å². The molecule has 0 spiro atoms. The Bertz CT molecular complexity index is 2830. The number of halogens is 3. The lowest BCUT2D eigenvalue weighted by Crippen LogP contribution is -2.62. The van der Waals surface area contributed by atoms with Crippen molar-refractivity contribution in [3.05, 3.63) is 147 Å². The number of amides is 2. The van der Waals surface area contributed by atoms with Crippen LogP contribution in [-0.4, -0.2) is 87.7 Å². The Labute approximate surface area is 389 Å². The summed E-state index contributed by atoms with van der Waals surface area (Å²) in [6.45, 7) is 16.2. The van der Waals surface area contributed by atoms with E-state index in [1.54, 1.807) is 24.5 Å². The molecule has 0 saturated carbocycles. The number of anilines is 2. The largest absolute Gasteiger partial charge is 0.354 e. The molecule has 2 aliphatic heterocycles. The van der Waals surface area contributed by atoms with Crippen LogP contribution in [0.4, 0.5) is 20.4 Å². The molecule has 342 valence electrons. The van der Waals surface area contributed by atoms with E-state index >= 15 is 0 Å². The summed E-state index contributed by atoms with van der Waals surface area (Å²) in [6, 6.07) is 16.9. The van der Waals surface area contributed by atoms with Gasteiger partial charge in [-0.25, -0.2) is 38.1 Å². The normalized spacial score (nSPS) is 15.7. The number of nitrogens with one attached hydrogen (secondary N) is 3. The number of rotatable bonds is 12. The molecule has 9 rings (SSSR count). The maximum absolute atomic E-state index is 13.2. The molecule has 2 aliphatic rings. The lowest BCUT2D eigenvalue weighted by atomic mass is 9.80. The summed E-state index contributed by atoms with van der Waals surface area (Å²) >= 11 is 3.42. The number of pyridine rings is 4. The first kappa shape index (κ1) is 45.7. The van der Waals surface area contributed by atoms with Gasteiger partial charge in [0, 0.05) is 56.4 Å². The van der Waals surface area contributed by atoms with E-state index in [0.717, 1.165) is 68.0 Å². The summed E-state index contributed by atoms with van der Waals surface area (Å²) in [4.78, 5) is 48.2. The first-order valence-corrected chi connectivity index (χ1v) is 22.3. The molecular formula is C47H51BrF2N14O2. The second-order valence-corrected chi connectivity index (χ2v) is 18.7. The van der Waals surface area contributed by atoms with Gasteiger partial charge in [0.25, 0.3) is 0 Å². The Kier molecular flexibility index (Phi) is 12.8. The van der Waals surface area contributed by atoms with Gasteiger partial charge in [-0.3, -0.25) is 14.7 Å². The fraction of sp³-hybridized carbons (Fsp3) is 0.340. The summed E-state index contributed by atoms with van der Waals surface area (Å²) in [6.07, 6.45) is 8.79. The van der Waals surface area contributed by atoms with Crippen molar-refractivity contribution < 1.29 is 18.4 Å². The molecule has 0 unspecified atom stereocenters. The zero-order chi connectivity index (χ0) is 46.9. The van der Waals surface area contributed by atoms with Crippen LogP contribution in [0.2, 0.25) is 0 Å². The molecule has 2 atom stereocenters. The third kappa shape index (κ3) is 10.3. The number of hydrogen-bond donors (Lipinski definition) is 3. The third-order valence-corrected chi connectivity index (χ3v) is 12.2. The number of aryl methyl sites for hydroxylation is 3. The predicted molar refractivity (Wildman–Crippen MR) is 248 cm³/mol. The molecule has 2 amide bonds. The van der Waals surface area contributed by atoms with Gasteiger partial charge in [-0.05, 0) is 129 Å². The second kappa shape index (κ2) is 18.5. The molecule has 2 saturated heterocycles. The molecule has 9 heterocycles. The Hall–Kier alpha value is -6.89. The molecule has 3 N–H and O–H groups in total. The molecule has 0 bridgehead atoms. The molecule has 0 aromatic carbocycles. The highest BCUT2D eigenvalue weighted by Crippen LogP contribution is 2.36. The SMILES string of the molecule is Cc1cc(Br)nc(N2CC(C)(C(=O)N[C@@H](C)c3ccc(-n4cc(F)cn4)nc3)C2)c1.Cc1cc(Cc2cc(C)[nH]n2)nc(N2CC(C)(C(=O)N[C@@H](C)c3ccc(-n4cc(F)cn4)nc3)C2)c1. The van der Waals surface area contributed by atoms with Crippen LogP contribution in [0.15, 0.2) is 96.4 Å². The van der Waals surface area contributed by atoms with Gasteiger partial charge < -0.3 is 20.4 Å². The Morgan fingerprint density at radius 3 is 1.58 bits per heavy atom. The Balaban J connectivity index is 0.000000182. The number of H-pyrrole nitrogens is 1. The van der Waals surface area contributed by atoms with E-state index in [-0.39, 0.29) is 23.9 Å². The fourth-order valence-corrected chi connectivity index (χ4v) is 8.58. The van der Waals surface area contributed by atoms with Crippen LogP contribution in [0, 0.1) is 43.2 Å². The highest BCUT2D eigenvalue weighted by Gasteiger charge is 2.47. The number of carbonyl (C=O) groups excluding carboxylic acids is 2. The summed E-state index contributed by atoms with van der Waals surface area (Å²) in [5, 5.41) is 21.3. The number of carbonyl (C=O) groups is 2. The number of aromatic amines is 1. The molecule has 19 heteroatoms. The van der Waals surface area contributed by atoms with Gasteiger partial charge in [-0.2, -0.15) is 15.3 Å². The van der Waals surface area contributed by atoms with Gasteiger partial charge in [-0.1, -0.05) is 12.1 Å². The summed E-state index contributed by atoms with van der Waals surface area (Å²) in [5.41, 5.74) is 5.91. The van der Waals surface area contributed by atoms with Crippen molar-refractivity contribution in [1.82, 2.24) is 60.3 Å². The average molecular weight is 962 g/mol. The minimum atomic E-state index is -0.515. The van der Waals surface area contributed by atoms with Crippen molar-refractivity contribution in [2.24, 2.45) is 10.8 Å². The van der Waals surface area contributed by atoms with E-state index in [1.807, 2.05) is 71.9 Å². The molecule has 0 aliphatic carbocycles. The maximum Gasteiger partial charge on any atom is 0.230 e. The van der Waals surface area contributed by atoms with Crippen LogP contribution in [0.3, 0.4) is 0 Å². The smallest absolute Gasteiger partial charge is 0.230 e. The van der Waals surface area contributed by atoms with E-state index in [4.69, 9.17) is 4.98 Å². The van der Waals surface area contributed by atoms with Crippen molar-refractivity contribution in [1.29, 1.82) is 0 Å². The zero-order valence-electron chi connectivity index (χ0n) is 37.7. The second-order valence-electron chi connectivity index (χ2n) is 17.9. The van der Waals surface area contributed by atoms with Crippen molar-refractivity contribution >= 4 is 39.4 Å². The van der Waals surface area contributed by atoms with Crippen LogP contribution in [0.5, 0.6) is 0 Å². The van der Waals surface area contributed by atoms with Gasteiger partial charge in [0.2, 0.25) is 11.8 Å². The predicted octanol–water partition coefficient (Wildman–Crippen LogP) is 7.01. The quantitative estimate of drug-likeness (QED) is 0.107. The Morgan fingerprint density at radius 1 is 0.682 bits per heavy atom. The van der Waals surface area contributed by atoms with Crippen LogP contribution in [0.1, 0.15) is 79.1 Å². The molecular weight excluding hydrogens is 911 g/mol. The average Bonchev–Trinajstić information content (AvgIpc) is 4.01. The first-order chi connectivity index (χ1) is 31.4. The van der Waals surface area contributed by atoms with Crippen LogP contribution < -0.4 is 20.4 Å². The third-order valence-electron chi connectivity index (χ3n) is 11.8. The van der Waals surface area contributed by atoms with E-state index in [0.29, 0.717) is 44.2 Å². The zero-order valence-corrected chi connectivity index (χ0v) is 39.3. The van der Waals surface area contributed by atoms with Crippen molar-refractivity contribution in [2.75, 3.05) is 36.0 Å². The minimum Gasteiger partial charge on any atom is -0.354 e. The van der Waals surface area contributed by atoms with Gasteiger partial charge in [0.1, 0.15) is 16.2 Å². The number of aromatic nitrogens is 10. The first-order valence-electron chi connectivity index (χ1n) is 21.5. The van der Waals surface area contributed by atoms with Crippen LogP contribution >= 0.6 is 15.9 Å². The van der Waals surface area contributed by atoms with Gasteiger partial charge >= 0.3 is 0 Å². The highest BCUT2D eigenvalue weighted by atomic mass is 79.9.